The molecule has 14 heavy (non-hydrogen) atoms. The highest BCUT2D eigenvalue weighted by Gasteiger charge is 2.47. The third-order valence-corrected chi connectivity index (χ3v) is 3.46. The van der Waals surface area contributed by atoms with Crippen molar-refractivity contribution in [2.24, 2.45) is 5.73 Å². The van der Waals surface area contributed by atoms with Gasteiger partial charge in [-0.2, -0.15) is 0 Å². The largest absolute Gasteiger partial charge is 0.336 e. The van der Waals surface area contributed by atoms with Crippen molar-refractivity contribution in [3.05, 3.63) is 0 Å². The van der Waals surface area contributed by atoms with Crippen LogP contribution in [0.25, 0.3) is 0 Å². The normalized spacial score (nSPS) is 25.6. The number of amides is 1. The fourth-order valence-corrected chi connectivity index (χ4v) is 2.03. The highest BCUT2D eigenvalue weighted by molar-refractivity contribution is 5.78. The van der Waals surface area contributed by atoms with Crippen LogP contribution in [-0.4, -0.2) is 54.0 Å². The number of likely N-dealkylation sites (tertiary alicyclic amines) is 1. The van der Waals surface area contributed by atoms with Crippen molar-refractivity contribution in [2.75, 3.05) is 26.7 Å². The van der Waals surface area contributed by atoms with Gasteiger partial charge < -0.3 is 10.6 Å². The van der Waals surface area contributed by atoms with Crippen LogP contribution >= 0.6 is 0 Å². The molecule has 4 nitrogen and oxygen atoms in total. The molecule has 1 aliphatic rings. The molecule has 1 saturated heterocycles. The Kier molecular flexibility index (Phi) is 3.17. The molecule has 1 rings (SSSR count). The van der Waals surface area contributed by atoms with E-state index in [-0.39, 0.29) is 18.0 Å². The van der Waals surface area contributed by atoms with Crippen molar-refractivity contribution >= 4 is 5.91 Å². The molecule has 0 unspecified atom stereocenters. The van der Waals surface area contributed by atoms with E-state index in [0.29, 0.717) is 6.04 Å². The van der Waals surface area contributed by atoms with Gasteiger partial charge in [-0.15, -0.1) is 0 Å². The minimum absolute atomic E-state index is 0.0543. The molecule has 1 atom stereocenters. The number of carbonyl (C=O) groups excluding carboxylic acids is 1. The van der Waals surface area contributed by atoms with E-state index in [4.69, 9.17) is 5.73 Å². The molecule has 0 aromatic rings. The van der Waals surface area contributed by atoms with Crippen molar-refractivity contribution in [3.8, 4) is 0 Å². The Morgan fingerprint density at radius 1 is 1.64 bits per heavy atom. The first kappa shape index (κ1) is 11.5. The van der Waals surface area contributed by atoms with Crippen LogP contribution in [0.2, 0.25) is 0 Å². The lowest BCUT2D eigenvalue weighted by Crippen LogP contribution is -2.72. The van der Waals surface area contributed by atoms with Crippen LogP contribution in [-0.2, 0) is 4.79 Å². The molecule has 0 spiro atoms. The summed E-state index contributed by atoms with van der Waals surface area (Å²) in [6.07, 6.45) is 0. The maximum atomic E-state index is 11.6. The van der Waals surface area contributed by atoms with Crippen molar-refractivity contribution in [2.45, 2.75) is 32.4 Å². The molecule has 0 saturated carbocycles. The second-order valence-corrected chi connectivity index (χ2v) is 4.43. The molecule has 0 aromatic heterocycles. The fourth-order valence-electron chi connectivity index (χ4n) is 2.03. The minimum atomic E-state index is 0.0543. The van der Waals surface area contributed by atoms with Crippen LogP contribution in [0.3, 0.4) is 0 Å². The monoisotopic (exact) mass is 199 g/mol. The van der Waals surface area contributed by atoms with Gasteiger partial charge in [0.2, 0.25) is 5.91 Å². The molecule has 0 bridgehead atoms. The van der Waals surface area contributed by atoms with E-state index in [1.54, 1.807) is 0 Å². The smallest absolute Gasteiger partial charge is 0.236 e. The molecule has 4 heteroatoms. The van der Waals surface area contributed by atoms with Gasteiger partial charge in [0.05, 0.1) is 12.6 Å². The Morgan fingerprint density at radius 2 is 2.21 bits per heavy atom. The molecule has 0 radical (unpaired) electrons. The molecule has 1 fully saturated rings. The van der Waals surface area contributed by atoms with Crippen LogP contribution in [0.4, 0.5) is 0 Å². The van der Waals surface area contributed by atoms with E-state index in [0.717, 1.165) is 13.1 Å². The maximum Gasteiger partial charge on any atom is 0.236 e. The Balaban J connectivity index is 2.69. The third kappa shape index (κ3) is 1.64. The quantitative estimate of drug-likeness (QED) is 0.690. The first-order valence-corrected chi connectivity index (χ1v) is 5.16. The number of carbonyl (C=O) groups is 1. The van der Waals surface area contributed by atoms with Gasteiger partial charge >= 0.3 is 0 Å². The summed E-state index contributed by atoms with van der Waals surface area (Å²) in [6.45, 7) is 8.14. The predicted octanol–water partition coefficient (Wildman–Crippen LogP) is -0.114. The van der Waals surface area contributed by atoms with Crippen LogP contribution < -0.4 is 5.73 Å². The minimum Gasteiger partial charge on any atom is -0.336 e. The first-order valence-electron chi connectivity index (χ1n) is 5.16. The van der Waals surface area contributed by atoms with Crippen molar-refractivity contribution in [3.63, 3.8) is 0 Å². The molecular formula is C10H21N3O. The summed E-state index contributed by atoms with van der Waals surface area (Å²) >= 11 is 0. The van der Waals surface area contributed by atoms with E-state index < -0.39 is 0 Å². The highest BCUT2D eigenvalue weighted by Crippen LogP contribution is 2.32. The zero-order valence-electron chi connectivity index (χ0n) is 9.58. The summed E-state index contributed by atoms with van der Waals surface area (Å²) in [5.41, 5.74) is 5.47. The Labute approximate surface area is 86.0 Å². The average Bonchev–Trinajstić information content (AvgIpc) is 2.17. The molecule has 2 N–H and O–H groups in total. The Morgan fingerprint density at radius 3 is 2.50 bits per heavy atom. The summed E-state index contributed by atoms with van der Waals surface area (Å²) in [6, 6.07) is 0.313. The Hall–Kier alpha value is -0.610. The lowest BCUT2D eigenvalue weighted by atomic mass is 9.82. The lowest BCUT2D eigenvalue weighted by molar-refractivity contribution is -0.144. The van der Waals surface area contributed by atoms with Crippen LogP contribution in [0.1, 0.15) is 20.8 Å². The number of hydrogen-bond acceptors (Lipinski definition) is 3. The number of likely N-dealkylation sites (N-methyl/N-ethyl adjacent to an activating group) is 2. The third-order valence-electron chi connectivity index (χ3n) is 3.46. The lowest BCUT2D eigenvalue weighted by Gasteiger charge is -2.57. The summed E-state index contributed by atoms with van der Waals surface area (Å²) in [7, 11) is 2.08. The van der Waals surface area contributed by atoms with Gasteiger partial charge in [-0.3, -0.25) is 9.69 Å². The van der Waals surface area contributed by atoms with Crippen molar-refractivity contribution in [1.82, 2.24) is 9.80 Å². The van der Waals surface area contributed by atoms with E-state index in [1.165, 1.54) is 0 Å². The second-order valence-electron chi connectivity index (χ2n) is 4.43. The van der Waals surface area contributed by atoms with Gasteiger partial charge in [-0.05, 0) is 27.8 Å². The standard InChI is InChI=1S/C10H21N3O/c1-5-13(9(14)6-11)8-7-12(4)10(8,2)3/h8H,5-7,11H2,1-4H3/t8-/m1/s1. The SMILES string of the molecule is CCN(C(=O)CN)[C@@H]1CN(C)C1(C)C. The van der Waals surface area contributed by atoms with Gasteiger partial charge in [0.25, 0.3) is 0 Å². The van der Waals surface area contributed by atoms with Crippen molar-refractivity contribution in [1.29, 1.82) is 0 Å². The summed E-state index contributed by atoms with van der Waals surface area (Å²) in [5.74, 6) is 0.0543. The molecule has 1 aliphatic heterocycles. The number of nitrogens with zero attached hydrogens (tertiary/aromatic N) is 2. The maximum absolute atomic E-state index is 11.6. The van der Waals surface area contributed by atoms with E-state index in [1.807, 2.05) is 11.8 Å². The average molecular weight is 199 g/mol. The van der Waals surface area contributed by atoms with Crippen LogP contribution in [0.5, 0.6) is 0 Å². The summed E-state index contributed by atoms with van der Waals surface area (Å²) in [5, 5.41) is 0. The molecule has 0 aliphatic carbocycles. The first-order chi connectivity index (χ1) is 6.45. The van der Waals surface area contributed by atoms with Crippen LogP contribution in [0.15, 0.2) is 0 Å². The number of rotatable bonds is 3. The van der Waals surface area contributed by atoms with Crippen LogP contribution in [0, 0.1) is 0 Å². The van der Waals surface area contributed by atoms with Gasteiger partial charge in [-0.25, -0.2) is 0 Å². The zero-order chi connectivity index (χ0) is 10.9. The van der Waals surface area contributed by atoms with Gasteiger partial charge in [0.15, 0.2) is 0 Å². The van der Waals surface area contributed by atoms with E-state index in [2.05, 4.69) is 25.8 Å². The zero-order valence-corrected chi connectivity index (χ0v) is 9.58. The molecule has 82 valence electrons. The Bertz CT molecular complexity index is 227. The predicted molar refractivity (Wildman–Crippen MR) is 56.9 cm³/mol. The van der Waals surface area contributed by atoms with Crippen molar-refractivity contribution < 1.29 is 4.79 Å². The van der Waals surface area contributed by atoms with Gasteiger partial charge in [0, 0.05) is 18.6 Å². The topological polar surface area (TPSA) is 49.6 Å². The number of nitrogens with two attached hydrogens (primary N) is 1. The van der Waals surface area contributed by atoms with E-state index in [9.17, 15) is 4.79 Å². The fraction of sp³-hybridized carbons (Fsp3) is 0.900. The van der Waals surface area contributed by atoms with E-state index >= 15 is 0 Å². The second kappa shape index (κ2) is 3.87. The molecular weight excluding hydrogens is 178 g/mol. The molecule has 0 aromatic carbocycles. The summed E-state index contributed by atoms with van der Waals surface area (Å²) in [4.78, 5) is 15.7. The van der Waals surface area contributed by atoms with Gasteiger partial charge in [-0.1, -0.05) is 0 Å². The van der Waals surface area contributed by atoms with Gasteiger partial charge in [0.1, 0.15) is 0 Å². The molecule has 1 amide bonds. The molecule has 1 heterocycles. The highest BCUT2D eigenvalue weighted by atomic mass is 16.2. The number of hydrogen-bond donors (Lipinski definition) is 1. The summed E-state index contributed by atoms with van der Waals surface area (Å²) < 4.78 is 0.